The van der Waals surface area contributed by atoms with Gasteiger partial charge >= 0.3 is 0 Å². The Kier molecular flexibility index (Phi) is 11.2. The standard InChI is InChI=1S/C12H26O4/c1-5-7-9-13-15-11(3)12(4)16-14-10-8-6-2/h11-12H,5-10H2,1-4H3. The summed E-state index contributed by atoms with van der Waals surface area (Å²) >= 11 is 0. The van der Waals surface area contributed by atoms with Crippen molar-refractivity contribution in [2.24, 2.45) is 0 Å². The molecule has 0 saturated carbocycles. The predicted octanol–water partition coefficient (Wildman–Crippen LogP) is 3.26. The maximum absolute atomic E-state index is 5.16. The van der Waals surface area contributed by atoms with Crippen molar-refractivity contribution in [1.82, 2.24) is 0 Å². The minimum atomic E-state index is -0.126. The molecule has 98 valence electrons. The van der Waals surface area contributed by atoms with Crippen molar-refractivity contribution in [2.75, 3.05) is 13.2 Å². The van der Waals surface area contributed by atoms with Crippen molar-refractivity contribution >= 4 is 0 Å². The molecule has 0 N–H and O–H groups in total. The van der Waals surface area contributed by atoms with Crippen LogP contribution >= 0.6 is 0 Å². The van der Waals surface area contributed by atoms with Gasteiger partial charge in [-0.15, -0.1) is 0 Å². The Hall–Kier alpha value is -0.160. The fraction of sp³-hybridized carbons (Fsp3) is 1.00. The van der Waals surface area contributed by atoms with Gasteiger partial charge < -0.3 is 0 Å². The van der Waals surface area contributed by atoms with E-state index in [9.17, 15) is 0 Å². The Balaban J connectivity index is 3.38. The molecule has 0 aliphatic carbocycles. The summed E-state index contributed by atoms with van der Waals surface area (Å²) in [7, 11) is 0. The highest BCUT2D eigenvalue weighted by molar-refractivity contribution is 4.55. The molecule has 0 aromatic carbocycles. The lowest BCUT2D eigenvalue weighted by atomic mass is 10.3. The first-order valence-corrected chi connectivity index (χ1v) is 6.28. The van der Waals surface area contributed by atoms with Crippen molar-refractivity contribution in [3.05, 3.63) is 0 Å². The highest BCUT2D eigenvalue weighted by Gasteiger charge is 2.15. The highest BCUT2D eigenvalue weighted by atomic mass is 17.2. The van der Waals surface area contributed by atoms with E-state index in [0.29, 0.717) is 13.2 Å². The topological polar surface area (TPSA) is 36.9 Å². The molecular weight excluding hydrogens is 208 g/mol. The smallest absolute Gasteiger partial charge is 0.119 e. The number of hydrogen-bond donors (Lipinski definition) is 0. The summed E-state index contributed by atoms with van der Waals surface area (Å²) in [6, 6.07) is 0. The summed E-state index contributed by atoms with van der Waals surface area (Å²) in [5, 5.41) is 0. The van der Waals surface area contributed by atoms with Gasteiger partial charge in [0.05, 0.1) is 13.2 Å². The van der Waals surface area contributed by atoms with Crippen LogP contribution in [0.25, 0.3) is 0 Å². The molecular formula is C12H26O4. The average Bonchev–Trinajstić information content (AvgIpc) is 2.29. The molecule has 4 nitrogen and oxygen atoms in total. The Morgan fingerprint density at radius 1 is 0.750 bits per heavy atom. The van der Waals surface area contributed by atoms with Gasteiger partial charge in [-0.25, -0.2) is 19.6 Å². The van der Waals surface area contributed by atoms with E-state index in [1.165, 1.54) is 0 Å². The minimum Gasteiger partial charge on any atom is -0.236 e. The lowest BCUT2D eigenvalue weighted by Gasteiger charge is -2.18. The molecule has 0 aromatic rings. The zero-order valence-corrected chi connectivity index (χ0v) is 11.0. The van der Waals surface area contributed by atoms with Gasteiger partial charge in [0.1, 0.15) is 12.2 Å². The summed E-state index contributed by atoms with van der Waals surface area (Å²) in [5.41, 5.74) is 0. The van der Waals surface area contributed by atoms with Crippen LogP contribution in [0.15, 0.2) is 0 Å². The Morgan fingerprint density at radius 3 is 1.44 bits per heavy atom. The Bertz CT molecular complexity index is 125. The van der Waals surface area contributed by atoms with Crippen molar-refractivity contribution in [2.45, 2.75) is 65.6 Å². The second kappa shape index (κ2) is 11.3. The molecule has 0 aliphatic rings. The molecule has 2 unspecified atom stereocenters. The third kappa shape index (κ3) is 9.09. The monoisotopic (exact) mass is 234 g/mol. The third-order valence-electron chi connectivity index (χ3n) is 2.26. The van der Waals surface area contributed by atoms with Crippen LogP contribution in [0.2, 0.25) is 0 Å². The third-order valence-corrected chi connectivity index (χ3v) is 2.26. The van der Waals surface area contributed by atoms with Crippen molar-refractivity contribution in [3.63, 3.8) is 0 Å². The second-order valence-corrected chi connectivity index (χ2v) is 3.95. The molecule has 0 bridgehead atoms. The molecule has 2 atom stereocenters. The first-order chi connectivity index (χ1) is 7.72. The SMILES string of the molecule is CCCCOOC(C)C(C)OOCCCC. The number of unbranched alkanes of at least 4 members (excludes halogenated alkanes) is 2. The van der Waals surface area contributed by atoms with Gasteiger partial charge in [0.25, 0.3) is 0 Å². The Morgan fingerprint density at radius 2 is 1.12 bits per heavy atom. The van der Waals surface area contributed by atoms with Crippen LogP contribution in [0.5, 0.6) is 0 Å². The van der Waals surface area contributed by atoms with Gasteiger partial charge in [0.2, 0.25) is 0 Å². The van der Waals surface area contributed by atoms with Crippen LogP contribution in [0.4, 0.5) is 0 Å². The first-order valence-electron chi connectivity index (χ1n) is 6.28. The van der Waals surface area contributed by atoms with Crippen molar-refractivity contribution in [3.8, 4) is 0 Å². The van der Waals surface area contributed by atoms with Gasteiger partial charge in [-0.05, 0) is 26.7 Å². The van der Waals surface area contributed by atoms with E-state index in [4.69, 9.17) is 19.6 Å². The van der Waals surface area contributed by atoms with E-state index < -0.39 is 0 Å². The fourth-order valence-corrected chi connectivity index (χ4v) is 0.874. The van der Waals surface area contributed by atoms with Crippen LogP contribution < -0.4 is 0 Å². The van der Waals surface area contributed by atoms with Crippen molar-refractivity contribution < 1.29 is 19.6 Å². The molecule has 0 spiro atoms. The van der Waals surface area contributed by atoms with Gasteiger partial charge in [-0.2, -0.15) is 0 Å². The first kappa shape index (κ1) is 15.8. The predicted molar refractivity (Wildman–Crippen MR) is 62.8 cm³/mol. The number of rotatable bonds is 11. The molecule has 4 heteroatoms. The molecule has 0 saturated heterocycles. The summed E-state index contributed by atoms with van der Waals surface area (Å²) in [6.07, 6.45) is 3.97. The van der Waals surface area contributed by atoms with Gasteiger partial charge in [0, 0.05) is 0 Å². The zero-order chi connectivity index (χ0) is 12.2. The molecule has 0 rings (SSSR count). The largest absolute Gasteiger partial charge is 0.236 e. The lowest BCUT2D eigenvalue weighted by molar-refractivity contribution is -0.384. The van der Waals surface area contributed by atoms with Gasteiger partial charge in [-0.3, -0.25) is 0 Å². The summed E-state index contributed by atoms with van der Waals surface area (Å²) in [4.78, 5) is 20.4. The summed E-state index contributed by atoms with van der Waals surface area (Å²) in [5.74, 6) is 0. The van der Waals surface area contributed by atoms with Crippen LogP contribution in [0, 0.1) is 0 Å². The molecule has 0 heterocycles. The zero-order valence-electron chi connectivity index (χ0n) is 11.0. The summed E-state index contributed by atoms with van der Waals surface area (Å²) in [6.45, 7) is 9.29. The van der Waals surface area contributed by atoms with E-state index in [0.717, 1.165) is 25.7 Å². The molecule has 0 radical (unpaired) electrons. The quantitative estimate of drug-likeness (QED) is 0.312. The Labute approximate surface area is 99.1 Å². The number of hydrogen-bond acceptors (Lipinski definition) is 4. The molecule has 16 heavy (non-hydrogen) atoms. The maximum atomic E-state index is 5.16. The van der Waals surface area contributed by atoms with Gasteiger partial charge in [0.15, 0.2) is 0 Å². The molecule has 0 aliphatic heterocycles. The maximum Gasteiger partial charge on any atom is 0.119 e. The average molecular weight is 234 g/mol. The van der Waals surface area contributed by atoms with E-state index in [2.05, 4.69) is 13.8 Å². The molecule has 0 amide bonds. The van der Waals surface area contributed by atoms with Crippen LogP contribution in [-0.2, 0) is 19.6 Å². The van der Waals surface area contributed by atoms with Crippen LogP contribution in [-0.4, -0.2) is 25.4 Å². The van der Waals surface area contributed by atoms with Gasteiger partial charge in [-0.1, -0.05) is 26.7 Å². The van der Waals surface area contributed by atoms with E-state index >= 15 is 0 Å². The van der Waals surface area contributed by atoms with E-state index in [1.807, 2.05) is 13.8 Å². The molecule has 0 fully saturated rings. The molecule has 0 aromatic heterocycles. The fourth-order valence-electron chi connectivity index (χ4n) is 0.874. The van der Waals surface area contributed by atoms with Crippen LogP contribution in [0.3, 0.4) is 0 Å². The normalized spacial score (nSPS) is 15.0. The van der Waals surface area contributed by atoms with Crippen molar-refractivity contribution in [1.29, 1.82) is 0 Å². The minimum absolute atomic E-state index is 0.126. The summed E-state index contributed by atoms with van der Waals surface area (Å²) < 4.78 is 0. The van der Waals surface area contributed by atoms with Crippen LogP contribution in [0.1, 0.15) is 53.4 Å². The highest BCUT2D eigenvalue weighted by Crippen LogP contribution is 2.05. The second-order valence-electron chi connectivity index (χ2n) is 3.95. The lowest BCUT2D eigenvalue weighted by Crippen LogP contribution is -2.26. The van der Waals surface area contributed by atoms with E-state index in [1.54, 1.807) is 0 Å². The van der Waals surface area contributed by atoms with E-state index in [-0.39, 0.29) is 12.2 Å².